The van der Waals surface area contributed by atoms with Gasteiger partial charge in [0, 0.05) is 29.7 Å². The van der Waals surface area contributed by atoms with E-state index in [1.807, 2.05) is 0 Å². The predicted molar refractivity (Wildman–Crippen MR) is 104 cm³/mol. The number of methoxy groups -OCH3 is 1. The Hall–Kier alpha value is -1.40. The molecule has 26 heavy (non-hydrogen) atoms. The van der Waals surface area contributed by atoms with Crippen molar-refractivity contribution >= 4 is 11.3 Å². The topological polar surface area (TPSA) is 58.9 Å². The summed E-state index contributed by atoms with van der Waals surface area (Å²) in [7, 11) is 1.68. The van der Waals surface area contributed by atoms with Gasteiger partial charge in [0.2, 0.25) is 0 Å². The van der Waals surface area contributed by atoms with Gasteiger partial charge in [-0.3, -0.25) is 0 Å². The van der Waals surface area contributed by atoms with Crippen LogP contribution in [0.4, 0.5) is 0 Å². The molecule has 1 aromatic heterocycles. The quantitative estimate of drug-likeness (QED) is 0.805. The van der Waals surface area contributed by atoms with Crippen molar-refractivity contribution in [1.82, 2.24) is 0 Å². The van der Waals surface area contributed by atoms with Crippen LogP contribution in [0.25, 0.3) is 0 Å². The largest absolute Gasteiger partial charge is 0.495 e. The zero-order valence-corrected chi connectivity index (χ0v) is 16.5. The third kappa shape index (κ3) is 4.12. The molecule has 1 fully saturated rings. The zero-order chi connectivity index (χ0) is 18.7. The average Bonchev–Trinajstić information content (AvgIpc) is 2.97. The van der Waals surface area contributed by atoms with Gasteiger partial charge in [-0.15, -0.1) is 11.3 Å². The Morgan fingerprint density at radius 3 is 2.50 bits per heavy atom. The Morgan fingerprint density at radius 2 is 1.88 bits per heavy atom. The zero-order valence-electron chi connectivity index (χ0n) is 15.7. The smallest absolute Gasteiger partial charge is 0.138 e. The summed E-state index contributed by atoms with van der Waals surface area (Å²) in [4.78, 5) is 2.27. The molecule has 3 atom stereocenters. The van der Waals surface area contributed by atoms with Crippen LogP contribution in [0.1, 0.15) is 52.3 Å². The van der Waals surface area contributed by atoms with Crippen LogP contribution >= 0.6 is 11.3 Å². The lowest BCUT2D eigenvalue weighted by Gasteiger charge is -2.32. The van der Waals surface area contributed by atoms with Crippen molar-refractivity contribution in [1.29, 1.82) is 0 Å². The first kappa shape index (κ1) is 19.4. The van der Waals surface area contributed by atoms with Crippen LogP contribution in [0.15, 0.2) is 24.3 Å². The fourth-order valence-corrected chi connectivity index (χ4v) is 4.92. The molecule has 0 radical (unpaired) electrons. The average molecular weight is 377 g/mol. The van der Waals surface area contributed by atoms with Gasteiger partial charge in [-0.2, -0.15) is 0 Å². The second-order valence-electron chi connectivity index (χ2n) is 6.95. The molecule has 0 saturated carbocycles. The molecule has 1 aliphatic heterocycles. The Labute approximate surface area is 159 Å². The maximum Gasteiger partial charge on any atom is 0.138 e. The van der Waals surface area contributed by atoms with Crippen LogP contribution in [0, 0.1) is 6.92 Å². The lowest BCUT2D eigenvalue weighted by molar-refractivity contribution is -0.113. The number of aliphatic hydroxyl groups is 2. The normalized spacial score (nSPS) is 23.2. The molecule has 1 aliphatic rings. The summed E-state index contributed by atoms with van der Waals surface area (Å²) in [5.74, 6) is 0.853. The third-order valence-corrected chi connectivity index (χ3v) is 6.45. The molecule has 2 N–H and O–H groups in total. The first-order chi connectivity index (χ1) is 12.5. The number of hydrogen-bond donors (Lipinski definition) is 2. The highest BCUT2D eigenvalue weighted by Gasteiger charge is 2.33. The third-order valence-electron chi connectivity index (χ3n) is 5.09. The molecule has 1 saturated heterocycles. The first-order valence-electron chi connectivity index (χ1n) is 9.24. The van der Waals surface area contributed by atoms with Gasteiger partial charge < -0.3 is 19.7 Å². The van der Waals surface area contributed by atoms with Crippen LogP contribution in [-0.4, -0.2) is 36.1 Å². The van der Waals surface area contributed by atoms with Gasteiger partial charge in [0.25, 0.3) is 0 Å². The molecule has 1 aromatic carbocycles. The second-order valence-corrected chi connectivity index (χ2v) is 8.09. The van der Waals surface area contributed by atoms with Gasteiger partial charge in [0.05, 0.1) is 36.9 Å². The Bertz CT molecular complexity index is 722. The molecular weight excluding hydrogens is 348 g/mol. The number of thiophene rings is 1. The van der Waals surface area contributed by atoms with Gasteiger partial charge in [-0.1, -0.05) is 31.2 Å². The van der Waals surface area contributed by atoms with Crippen molar-refractivity contribution in [3.8, 4) is 5.75 Å². The summed E-state index contributed by atoms with van der Waals surface area (Å²) in [5, 5.41) is 19.6. The van der Waals surface area contributed by atoms with Crippen molar-refractivity contribution in [3.63, 3.8) is 0 Å². The van der Waals surface area contributed by atoms with Crippen LogP contribution in [0.3, 0.4) is 0 Å². The molecule has 142 valence electrons. The maximum atomic E-state index is 10.1. The standard InChI is InChI=1S/C21H28O4S/c1-4-14-5-7-15(8-6-14)9-19-13(2)20(24-3)21(26-19)18-11-16(23)10-17(12-22)25-18/h5-8,16-18,22-23H,4,9-12H2,1-3H3. The van der Waals surface area contributed by atoms with E-state index in [9.17, 15) is 10.2 Å². The van der Waals surface area contributed by atoms with Crippen molar-refractivity contribution in [3.05, 3.63) is 50.7 Å². The molecular formula is C21H28O4S. The number of rotatable bonds is 6. The molecule has 3 unspecified atom stereocenters. The Morgan fingerprint density at radius 1 is 1.19 bits per heavy atom. The maximum absolute atomic E-state index is 10.1. The molecule has 5 heteroatoms. The van der Waals surface area contributed by atoms with Gasteiger partial charge in [0.15, 0.2) is 0 Å². The molecule has 0 bridgehead atoms. The SMILES string of the molecule is CCc1ccc(Cc2sc(C3CC(O)CC(CO)O3)c(OC)c2C)cc1. The van der Waals surface area contributed by atoms with E-state index < -0.39 is 6.10 Å². The molecule has 2 heterocycles. The van der Waals surface area contributed by atoms with Crippen LogP contribution in [0.5, 0.6) is 5.75 Å². The van der Waals surface area contributed by atoms with E-state index in [1.54, 1.807) is 18.4 Å². The Balaban J connectivity index is 1.86. The van der Waals surface area contributed by atoms with E-state index in [0.717, 1.165) is 29.0 Å². The lowest BCUT2D eigenvalue weighted by atomic mass is 9.99. The number of aliphatic hydroxyl groups excluding tert-OH is 2. The van der Waals surface area contributed by atoms with E-state index in [4.69, 9.17) is 9.47 Å². The molecule has 4 nitrogen and oxygen atoms in total. The highest BCUT2D eigenvalue weighted by Crippen LogP contribution is 2.44. The minimum atomic E-state index is -0.456. The number of aryl methyl sites for hydroxylation is 1. The fraction of sp³-hybridized carbons (Fsp3) is 0.524. The predicted octanol–water partition coefficient (Wildman–Crippen LogP) is 3.79. The van der Waals surface area contributed by atoms with Crippen LogP contribution in [-0.2, 0) is 17.6 Å². The summed E-state index contributed by atoms with van der Waals surface area (Å²) in [5.41, 5.74) is 3.75. The monoisotopic (exact) mass is 376 g/mol. The van der Waals surface area contributed by atoms with Gasteiger partial charge in [0.1, 0.15) is 5.75 Å². The van der Waals surface area contributed by atoms with E-state index in [1.165, 1.54) is 16.0 Å². The van der Waals surface area contributed by atoms with Gasteiger partial charge in [-0.25, -0.2) is 0 Å². The Kier molecular flexibility index (Phi) is 6.35. The molecule has 0 spiro atoms. The highest BCUT2D eigenvalue weighted by atomic mass is 32.1. The first-order valence-corrected chi connectivity index (χ1v) is 10.1. The molecule has 3 rings (SSSR count). The van der Waals surface area contributed by atoms with Crippen molar-refractivity contribution in [2.24, 2.45) is 0 Å². The van der Waals surface area contributed by atoms with Gasteiger partial charge >= 0.3 is 0 Å². The number of ether oxygens (including phenoxy) is 2. The van der Waals surface area contributed by atoms with E-state index in [2.05, 4.69) is 38.1 Å². The minimum Gasteiger partial charge on any atom is -0.495 e. The summed E-state index contributed by atoms with van der Waals surface area (Å²) in [6.45, 7) is 4.17. The second kappa shape index (κ2) is 8.53. The van der Waals surface area contributed by atoms with Crippen molar-refractivity contribution in [2.45, 2.75) is 57.8 Å². The minimum absolute atomic E-state index is 0.0726. The van der Waals surface area contributed by atoms with E-state index in [-0.39, 0.29) is 18.8 Å². The summed E-state index contributed by atoms with van der Waals surface area (Å²) < 4.78 is 11.7. The summed E-state index contributed by atoms with van der Waals surface area (Å²) in [6.07, 6.45) is 1.92. The molecule has 0 amide bonds. The van der Waals surface area contributed by atoms with E-state index in [0.29, 0.717) is 12.8 Å². The van der Waals surface area contributed by atoms with Crippen LogP contribution in [0.2, 0.25) is 0 Å². The van der Waals surface area contributed by atoms with Crippen LogP contribution < -0.4 is 4.74 Å². The lowest BCUT2D eigenvalue weighted by Crippen LogP contribution is -2.33. The van der Waals surface area contributed by atoms with E-state index >= 15 is 0 Å². The fourth-order valence-electron chi connectivity index (χ4n) is 3.56. The van der Waals surface area contributed by atoms with Gasteiger partial charge in [-0.05, 0) is 24.5 Å². The van der Waals surface area contributed by atoms with Crippen molar-refractivity contribution < 1.29 is 19.7 Å². The number of benzene rings is 1. The molecule has 0 aliphatic carbocycles. The highest BCUT2D eigenvalue weighted by molar-refractivity contribution is 7.12. The summed E-state index contributed by atoms with van der Waals surface area (Å²) in [6, 6.07) is 8.74. The number of hydrogen-bond acceptors (Lipinski definition) is 5. The van der Waals surface area contributed by atoms with Crippen molar-refractivity contribution in [2.75, 3.05) is 13.7 Å². The molecule has 2 aromatic rings. The summed E-state index contributed by atoms with van der Waals surface area (Å²) >= 11 is 1.69.